The van der Waals surface area contributed by atoms with Gasteiger partial charge in [-0.3, -0.25) is 0 Å². The number of hydrogen-bond donors (Lipinski definition) is 1. The summed E-state index contributed by atoms with van der Waals surface area (Å²) < 4.78 is 0. The minimum Gasteiger partial charge on any atom is -0.393 e. The third-order valence-electron chi connectivity index (χ3n) is 3.75. The van der Waals surface area contributed by atoms with Gasteiger partial charge in [0.05, 0.1) is 6.10 Å². The maximum atomic E-state index is 9.90. The molecule has 2 saturated carbocycles. The Morgan fingerprint density at radius 3 is 2.23 bits per heavy atom. The summed E-state index contributed by atoms with van der Waals surface area (Å²) in [6.45, 7) is 0. The molecule has 1 nitrogen and oxygen atoms in total. The number of rotatable bonds is 1. The predicted molar refractivity (Wildman–Crippen MR) is 54.3 cm³/mol. The van der Waals surface area contributed by atoms with Gasteiger partial charge in [-0.25, -0.2) is 0 Å². The Balaban J connectivity index is 1.88. The van der Waals surface area contributed by atoms with Gasteiger partial charge in [0.1, 0.15) is 0 Å². The summed E-state index contributed by atoms with van der Waals surface area (Å²) in [4.78, 5) is 0. The fraction of sp³-hybridized carbons (Fsp3) is 0.917. The zero-order chi connectivity index (χ0) is 9.10. The van der Waals surface area contributed by atoms with E-state index in [1.807, 2.05) is 0 Å². The van der Waals surface area contributed by atoms with Crippen LogP contribution in [0.4, 0.5) is 0 Å². The summed E-state index contributed by atoms with van der Waals surface area (Å²) >= 11 is 0. The highest BCUT2D eigenvalue weighted by Gasteiger charge is 2.31. The van der Waals surface area contributed by atoms with Crippen LogP contribution < -0.4 is 0 Å². The summed E-state index contributed by atoms with van der Waals surface area (Å²) in [5.74, 6) is 2.27. The molecule has 0 aromatic heterocycles. The van der Waals surface area contributed by atoms with Crippen molar-refractivity contribution in [2.24, 2.45) is 5.92 Å². The molecule has 2 fully saturated rings. The van der Waals surface area contributed by atoms with Gasteiger partial charge in [-0.05, 0) is 37.5 Å². The summed E-state index contributed by atoms with van der Waals surface area (Å²) in [7, 11) is 0. The van der Waals surface area contributed by atoms with Gasteiger partial charge in [-0.15, -0.1) is 0 Å². The van der Waals surface area contributed by atoms with E-state index >= 15 is 0 Å². The van der Waals surface area contributed by atoms with Gasteiger partial charge in [0.25, 0.3) is 0 Å². The van der Waals surface area contributed by atoms with Crippen LogP contribution in [0.5, 0.6) is 0 Å². The van der Waals surface area contributed by atoms with E-state index in [2.05, 4.69) is 0 Å². The number of aliphatic hydroxyl groups excluding tert-OH is 1. The molecule has 2 unspecified atom stereocenters. The fourth-order valence-electron chi connectivity index (χ4n) is 2.96. The second kappa shape index (κ2) is 4.45. The molecule has 2 aliphatic carbocycles. The Labute approximate surface area is 81.5 Å². The van der Waals surface area contributed by atoms with Crippen molar-refractivity contribution >= 4 is 0 Å². The van der Waals surface area contributed by atoms with E-state index in [1.165, 1.54) is 51.4 Å². The lowest BCUT2D eigenvalue weighted by molar-refractivity contribution is 0.0697. The highest BCUT2D eigenvalue weighted by molar-refractivity contribution is 5.02. The lowest BCUT2D eigenvalue weighted by Crippen LogP contribution is -2.30. The van der Waals surface area contributed by atoms with Crippen LogP contribution in [0.25, 0.3) is 0 Å². The molecule has 0 aliphatic heterocycles. The first kappa shape index (κ1) is 9.51. The first-order valence-electron chi connectivity index (χ1n) is 5.90. The quantitative estimate of drug-likeness (QED) is 0.659. The SMILES string of the molecule is OC1CCCCC1[C]1CCCCC1. The van der Waals surface area contributed by atoms with E-state index in [1.54, 1.807) is 5.92 Å². The number of aliphatic hydroxyl groups is 1. The fourth-order valence-corrected chi connectivity index (χ4v) is 2.96. The van der Waals surface area contributed by atoms with Gasteiger partial charge < -0.3 is 5.11 Å². The van der Waals surface area contributed by atoms with Crippen molar-refractivity contribution < 1.29 is 5.11 Å². The zero-order valence-electron chi connectivity index (χ0n) is 8.47. The van der Waals surface area contributed by atoms with Gasteiger partial charge in [-0.1, -0.05) is 32.1 Å². The van der Waals surface area contributed by atoms with Gasteiger partial charge >= 0.3 is 0 Å². The van der Waals surface area contributed by atoms with Crippen LogP contribution in [0.15, 0.2) is 0 Å². The second-order valence-electron chi connectivity index (χ2n) is 4.68. The van der Waals surface area contributed by atoms with Crippen molar-refractivity contribution in [1.82, 2.24) is 0 Å². The molecule has 0 amide bonds. The molecule has 2 rings (SSSR count). The van der Waals surface area contributed by atoms with Crippen LogP contribution in [0, 0.1) is 11.8 Å². The van der Waals surface area contributed by atoms with Crippen LogP contribution in [0.2, 0.25) is 0 Å². The number of hydrogen-bond acceptors (Lipinski definition) is 1. The van der Waals surface area contributed by atoms with Crippen molar-refractivity contribution in [3.05, 3.63) is 5.92 Å². The molecule has 75 valence electrons. The Hall–Kier alpha value is -0.0400. The van der Waals surface area contributed by atoms with Crippen LogP contribution in [-0.2, 0) is 0 Å². The van der Waals surface area contributed by atoms with Gasteiger partial charge in [-0.2, -0.15) is 0 Å². The lowest BCUT2D eigenvalue weighted by atomic mass is 9.72. The monoisotopic (exact) mass is 181 g/mol. The van der Waals surface area contributed by atoms with Gasteiger partial charge in [0.15, 0.2) is 0 Å². The molecule has 0 bridgehead atoms. The molecule has 0 heterocycles. The average Bonchev–Trinajstić information content (AvgIpc) is 2.20. The van der Waals surface area contributed by atoms with Gasteiger partial charge in [0.2, 0.25) is 0 Å². The summed E-state index contributed by atoms with van der Waals surface area (Å²) in [5, 5.41) is 9.90. The largest absolute Gasteiger partial charge is 0.393 e. The molecular formula is C12H21O. The molecule has 0 aromatic carbocycles. The van der Waals surface area contributed by atoms with E-state index in [0.717, 1.165) is 6.42 Å². The summed E-state index contributed by atoms with van der Waals surface area (Å²) in [5.41, 5.74) is 0. The molecule has 0 aromatic rings. The lowest BCUT2D eigenvalue weighted by Gasteiger charge is -2.35. The average molecular weight is 181 g/mol. The zero-order valence-corrected chi connectivity index (χ0v) is 8.47. The van der Waals surface area contributed by atoms with E-state index in [9.17, 15) is 5.11 Å². The summed E-state index contributed by atoms with van der Waals surface area (Å²) in [6.07, 6.45) is 11.7. The smallest absolute Gasteiger partial charge is 0.0573 e. The molecule has 13 heavy (non-hydrogen) atoms. The Morgan fingerprint density at radius 2 is 1.54 bits per heavy atom. The van der Waals surface area contributed by atoms with E-state index in [4.69, 9.17) is 0 Å². The van der Waals surface area contributed by atoms with E-state index < -0.39 is 0 Å². The van der Waals surface area contributed by atoms with Crippen LogP contribution >= 0.6 is 0 Å². The van der Waals surface area contributed by atoms with E-state index in [-0.39, 0.29) is 6.10 Å². The molecule has 1 N–H and O–H groups in total. The predicted octanol–water partition coefficient (Wildman–Crippen LogP) is 3.08. The molecular weight excluding hydrogens is 160 g/mol. The maximum absolute atomic E-state index is 9.90. The molecule has 0 spiro atoms. The van der Waals surface area contributed by atoms with Crippen molar-refractivity contribution in [1.29, 1.82) is 0 Å². The normalized spacial score (nSPS) is 37.6. The molecule has 1 radical (unpaired) electrons. The van der Waals surface area contributed by atoms with E-state index in [0.29, 0.717) is 5.92 Å². The van der Waals surface area contributed by atoms with Crippen molar-refractivity contribution in [3.8, 4) is 0 Å². The highest BCUT2D eigenvalue weighted by Crippen LogP contribution is 2.39. The first-order chi connectivity index (χ1) is 6.38. The summed E-state index contributed by atoms with van der Waals surface area (Å²) in [6, 6.07) is 0. The van der Waals surface area contributed by atoms with Crippen LogP contribution in [0.3, 0.4) is 0 Å². The standard InChI is InChI=1S/C12H21O/c13-12-9-5-4-8-11(12)10-6-2-1-3-7-10/h11-13H,1-9H2. The van der Waals surface area contributed by atoms with Crippen molar-refractivity contribution in [2.45, 2.75) is 63.9 Å². The Bertz CT molecular complexity index is 149. The van der Waals surface area contributed by atoms with Crippen LogP contribution in [-0.4, -0.2) is 11.2 Å². The maximum Gasteiger partial charge on any atom is 0.0573 e. The molecule has 1 heteroatoms. The van der Waals surface area contributed by atoms with Crippen LogP contribution in [0.1, 0.15) is 57.8 Å². The third kappa shape index (κ3) is 2.25. The van der Waals surface area contributed by atoms with Crippen molar-refractivity contribution in [2.75, 3.05) is 0 Å². The Kier molecular flexibility index (Phi) is 3.26. The minimum absolute atomic E-state index is 0.00171. The second-order valence-corrected chi connectivity index (χ2v) is 4.68. The molecule has 2 atom stereocenters. The highest BCUT2D eigenvalue weighted by atomic mass is 16.3. The minimum atomic E-state index is 0.00171. The topological polar surface area (TPSA) is 20.2 Å². The Morgan fingerprint density at radius 1 is 0.846 bits per heavy atom. The molecule has 2 aliphatic rings. The first-order valence-corrected chi connectivity index (χ1v) is 5.90. The molecule has 0 saturated heterocycles. The van der Waals surface area contributed by atoms with Gasteiger partial charge in [0, 0.05) is 0 Å². The third-order valence-corrected chi connectivity index (χ3v) is 3.75. The van der Waals surface area contributed by atoms with Crippen molar-refractivity contribution in [3.63, 3.8) is 0 Å².